The van der Waals surface area contributed by atoms with E-state index in [9.17, 15) is 4.79 Å². The summed E-state index contributed by atoms with van der Waals surface area (Å²) in [6.07, 6.45) is 3.72. The molecule has 0 saturated carbocycles. The second kappa shape index (κ2) is 8.25. The molecule has 0 fully saturated rings. The minimum atomic E-state index is -0.0302. The highest BCUT2D eigenvalue weighted by molar-refractivity contribution is 5.95. The molecule has 1 aliphatic rings. The Morgan fingerprint density at radius 1 is 1.14 bits per heavy atom. The summed E-state index contributed by atoms with van der Waals surface area (Å²) in [6.45, 7) is 2.81. The first-order valence-electron chi connectivity index (χ1n) is 9.68. The summed E-state index contributed by atoms with van der Waals surface area (Å²) in [4.78, 5) is 14.5. The van der Waals surface area contributed by atoms with E-state index in [4.69, 9.17) is 9.15 Å². The van der Waals surface area contributed by atoms with Crippen molar-refractivity contribution in [1.29, 1.82) is 0 Å². The van der Waals surface area contributed by atoms with Gasteiger partial charge in [0.25, 0.3) is 5.91 Å². The monoisotopic (exact) mass is 377 g/mol. The Hall–Kier alpha value is -3.15. The molecule has 6 nitrogen and oxygen atoms in total. The number of aryl methyl sites for hydroxylation is 2. The van der Waals surface area contributed by atoms with Crippen LogP contribution >= 0.6 is 0 Å². The zero-order chi connectivity index (χ0) is 19.3. The SMILES string of the molecule is CCCc1nnc(-c2ccc(OCC(=O)N3CCCc4ccccc43)cc2)o1. The van der Waals surface area contributed by atoms with Crippen LogP contribution in [0.2, 0.25) is 0 Å². The van der Waals surface area contributed by atoms with Crippen molar-refractivity contribution in [3.05, 3.63) is 60.0 Å². The Kier molecular flexibility index (Phi) is 5.37. The molecule has 0 unspecified atom stereocenters. The van der Waals surface area contributed by atoms with Crippen LogP contribution < -0.4 is 9.64 Å². The minimum Gasteiger partial charge on any atom is -0.484 e. The molecule has 0 bridgehead atoms. The van der Waals surface area contributed by atoms with Crippen LogP contribution in [0.15, 0.2) is 52.9 Å². The lowest BCUT2D eigenvalue weighted by Crippen LogP contribution is -2.38. The lowest BCUT2D eigenvalue weighted by Gasteiger charge is -2.29. The van der Waals surface area contributed by atoms with Gasteiger partial charge in [0.1, 0.15) is 5.75 Å². The lowest BCUT2D eigenvalue weighted by atomic mass is 10.0. The first kappa shape index (κ1) is 18.2. The summed E-state index contributed by atoms with van der Waals surface area (Å²) in [7, 11) is 0. The summed E-state index contributed by atoms with van der Waals surface area (Å²) in [5, 5.41) is 8.11. The van der Waals surface area contributed by atoms with Crippen molar-refractivity contribution in [2.45, 2.75) is 32.6 Å². The molecule has 1 amide bonds. The van der Waals surface area contributed by atoms with Gasteiger partial charge in [-0.15, -0.1) is 10.2 Å². The fraction of sp³-hybridized carbons (Fsp3) is 0.318. The zero-order valence-electron chi connectivity index (χ0n) is 15.9. The van der Waals surface area contributed by atoms with E-state index in [2.05, 4.69) is 23.2 Å². The number of fused-ring (bicyclic) bond motifs is 1. The van der Waals surface area contributed by atoms with Gasteiger partial charge >= 0.3 is 0 Å². The van der Waals surface area contributed by atoms with Gasteiger partial charge in [-0.25, -0.2) is 0 Å². The van der Waals surface area contributed by atoms with Crippen molar-refractivity contribution in [2.24, 2.45) is 0 Å². The van der Waals surface area contributed by atoms with E-state index in [1.807, 2.05) is 47.4 Å². The fourth-order valence-corrected chi connectivity index (χ4v) is 3.39. The highest BCUT2D eigenvalue weighted by Gasteiger charge is 2.22. The maximum absolute atomic E-state index is 12.7. The summed E-state index contributed by atoms with van der Waals surface area (Å²) in [5.41, 5.74) is 3.05. The van der Waals surface area contributed by atoms with Crippen LogP contribution in [-0.4, -0.2) is 29.3 Å². The van der Waals surface area contributed by atoms with Crippen molar-refractivity contribution in [2.75, 3.05) is 18.1 Å². The molecule has 3 aromatic rings. The van der Waals surface area contributed by atoms with Gasteiger partial charge in [0.15, 0.2) is 6.61 Å². The normalized spacial score (nSPS) is 13.2. The first-order chi connectivity index (χ1) is 13.7. The molecular formula is C22H23N3O3. The van der Waals surface area contributed by atoms with E-state index >= 15 is 0 Å². The van der Waals surface area contributed by atoms with Crippen molar-refractivity contribution >= 4 is 11.6 Å². The van der Waals surface area contributed by atoms with Gasteiger partial charge < -0.3 is 14.1 Å². The molecule has 144 valence electrons. The molecule has 2 heterocycles. The molecule has 1 aliphatic heterocycles. The number of amides is 1. The number of hydrogen-bond donors (Lipinski definition) is 0. The third-order valence-corrected chi connectivity index (χ3v) is 4.81. The van der Waals surface area contributed by atoms with Crippen LogP contribution in [0.5, 0.6) is 5.75 Å². The maximum Gasteiger partial charge on any atom is 0.264 e. The number of benzene rings is 2. The summed E-state index contributed by atoms with van der Waals surface area (Å²) in [5.74, 6) is 1.74. The number of nitrogens with zero attached hydrogens (tertiary/aromatic N) is 3. The number of ether oxygens (including phenoxy) is 1. The third kappa shape index (κ3) is 3.91. The third-order valence-electron chi connectivity index (χ3n) is 4.81. The second-order valence-electron chi connectivity index (χ2n) is 6.84. The van der Waals surface area contributed by atoms with Crippen LogP contribution in [0.25, 0.3) is 11.5 Å². The standard InChI is InChI=1S/C22H23N3O3/c1-2-6-20-23-24-22(28-20)17-10-12-18(13-11-17)27-15-21(26)25-14-5-8-16-7-3-4-9-19(16)25/h3-4,7,9-13H,2,5-6,8,14-15H2,1H3. The highest BCUT2D eigenvalue weighted by atomic mass is 16.5. The predicted octanol–water partition coefficient (Wildman–Crippen LogP) is 4.05. The average molecular weight is 377 g/mol. The molecule has 0 aliphatic carbocycles. The van der Waals surface area contributed by atoms with Gasteiger partial charge in [-0.05, 0) is 55.2 Å². The van der Waals surface area contributed by atoms with Crippen LogP contribution in [-0.2, 0) is 17.6 Å². The number of rotatable bonds is 6. The van der Waals surface area contributed by atoms with Gasteiger partial charge in [0.05, 0.1) is 0 Å². The van der Waals surface area contributed by atoms with Crippen LogP contribution in [0.3, 0.4) is 0 Å². The Morgan fingerprint density at radius 3 is 2.79 bits per heavy atom. The molecule has 0 spiro atoms. The van der Waals surface area contributed by atoms with Crippen molar-refractivity contribution < 1.29 is 13.9 Å². The van der Waals surface area contributed by atoms with Gasteiger partial charge in [-0.2, -0.15) is 0 Å². The maximum atomic E-state index is 12.7. The predicted molar refractivity (Wildman–Crippen MR) is 106 cm³/mol. The molecule has 0 atom stereocenters. The quantitative estimate of drug-likeness (QED) is 0.648. The summed E-state index contributed by atoms with van der Waals surface area (Å²) < 4.78 is 11.3. The molecule has 0 N–H and O–H groups in total. The number of para-hydroxylation sites is 1. The van der Waals surface area contributed by atoms with Gasteiger partial charge in [0, 0.05) is 24.2 Å². The van der Waals surface area contributed by atoms with E-state index in [0.29, 0.717) is 17.5 Å². The van der Waals surface area contributed by atoms with Crippen molar-refractivity contribution in [1.82, 2.24) is 10.2 Å². The Labute approximate surface area is 164 Å². The Bertz CT molecular complexity index is 950. The van der Waals surface area contributed by atoms with Crippen LogP contribution in [0.4, 0.5) is 5.69 Å². The summed E-state index contributed by atoms with van der Waals surface area (Å²) >= 11 is 0. The van der Waals surface area contributed by atoms with E-state index in [-0.39, 0.29) is 12.5 Å². The number of hydrogen-bond acceptors (Lipinski definition) is 5. The Morgan fingerprint density at radius 2 is 1.96 bits per heavy atom. The van der Waals surface area contributed by atoms with E-state index < -0.39 is 0 Å². The smallest absolute Gasteiger partial charge is 0.264 e. The molecule has 4 rings (SSSR count). The number of carbonyl (C=O) groups excluding carboxylic acids is 1. The van der Waals surface area contributed by atoms with E-state index in [0.717, 1.165) is 43.5 Å². The average Bonchev–Trinajstić information content (AvgIpc) is 3.21. The first-order valence-corrected chi connectivity index (χ1v) is 9.68. The molecule has 6 heteroatoms. The molecule has 1 aromatic heterocycles. The van der Waals surface area contributed by atoms with Gasteiger partial charge in [-0.1, -0.05) is 25.1 Å². The largest absolute Gasteiger partial charge is 0.484 e. The molecular weight excluding hydrogens is 354 g/mol. The molecule has 28 heavy (non-hydrogen) atoms. The Balaban J connectivity index is 1.38. The molecule has 0 saturated heterocycles. The van der Waals surface area contributed by atoms with Gasteiger partial charge in [-0.3, -0.25) is 4.79 Å². The van der Waals surface area contributed by atoms with Gasteiger partial charge in [0.2, 0.25) is 11.8 Å². The zero-order valence-corrected chi connectivity index (χ0v) is 15.9. The minimum absolute atomic E-state index is 0.00882. The number of anilines is 1. The van der Waals surface area contributed by atoms with Crippen LogP contribution in [0, 0.1) is 0 Å². The number of carbonyl (C=O) groups is 1. The summed E-state index contributed by atoms with van der Waals surface area (Å²) in [6, 6.07) is 15.4. The fourth-order valence-electron chi connectivity index (χ4n) is 3.39. The second-order valence-corrected chi connectivity index (χ2v) is 6.84. The number of aromatic nitrogens is 2. The van der Waals surface area contributed by atoms with Crippen molar-refractivity contribution in [3.8, 4) is 17.2 Å². The lowest BCUT2D eigenvalue weighted by molar-refractivity contribution is -0.120. The highest BCUT2D eigenvalue weighted by Crippen LogP contribution is 2.27. The van der Waals surface area contributed by atoms with Crippen LogP contribution in [0.1, 0.15) is 31.2 Å². The van der Waals surface area contributed by atoms with E-state index in [1.54, 1.807) is 0 Å². The topological polar surface area (TPSA) is 68.5 Å². The van der Waals surface area contributed by atoms with Crippen molar-refractivity contribution in [3.63, 3.8) is 0 Å². The molecule has 2 aromatic carbocycles. The molecule has 0 radical (unpaired) electrons. The van der Waals surface area contributed by atoms with E-state index in [1.165, 1.54) is 5.56 Å².